The van der Waals surface area contributed by atoms with Crippen molar-refractivity contribution >= 4 is 0 Å². The number of rotatable bonds is 4. The van der Waals surface area contributed by atoms with Crippen LogP contribution in [0.25, 0.3) is 0 Å². The number of hydrogen-bond acceptors (Lipinski definition) is 1. The summed E-state index contributed by atoms with van der Waals surface area (Å²) in [5.41, 5.74) is 1.53. The topological polar surface area (TPSA) is 12.0 Å². The molecule has 104 valence electrons. The highest BCUT2D eigenvalue weighted by molar-refractivity contribution is 5.33. The van der Waals surface area contributed by atoms with Crippen LogP contribution < -0.4 is 5.32 Å². The van der Waals surface area contributed by atoms with E-state index in [2.05, 4.69) is 19.2 Å². The van der Waals surface area contributed by atoms with E-state index in [1.807, 2.05) is 12.1 Å². The summed E-state index contributed by atoms with van der Waals surface area (Å²) >= 11 is 0. The van der Waals surface area contributed by atoms with Gasteiger partial charge in [0.25, 0.3) is 0 Å². The summed E-state index contributed by atoms with van der Waals surface area (Å²) in [6.07, 6.45) is 6.40. The van der Waals surface area contributed by atoms with Gasteiger partial charge in [0, 0.05) is 18.0 Å². The lowest BCUT2D eigenvalue weighted by molar-refractivity contribution is -0.0503. The Morgan fingerprint density at radius 2 is 1.89 bits per heavy atom. The van der Waals surface area contributed by atoms with Crippen LogP contribution in [0.3, 0.4) is 0 Å². The Hall–Kier alpha value is -0.890. The van der Waals surface area contributed by atoms with Gasteiger partial charge in [0.15, 0.2) is 0 Å². The van der Waals surface area contributed by atoms with Crippen molar-refractivity contribution in [3.63, 3.8) is 0 Å². The van der Waals surface area contributed by atoms with E-state index < -0.39 is 0 Å². The molecule has 19 heavy (non-hydrogen) atoms. The summed E-state index contributed by atoms with van der Waals surface area (Å²) in [5, 5.41) is 3.53. The standard InChI is InChI=1S/C17H24FN/c1-13(2)19-12-17(10-16(11-17)8-5-9-16)14-6-3-4-7-15(14)18/h3-4,6-7,13,19H,5,8-12H2,1-2H3. The highest BCUT2D eigenvalue weighted by Gasteiger charge is 2.57. The van der Waals surface area contributed by atoms with Crippen molar-refractivity contribution in [3.8, 4) is 0 Å². The quantitative estimate of drug-likeness (QED) is 0.863. The lowest BCUT2D eigenvalue weighted by atomic mass is 9.43. The molecule has 2 aliphatic rings. The van der Waals surface area contributed by atoms with Crippen LogP contribution in [0.2, 0.25) is 0 Å². The zero-order chi connectivity index (χ0) is 13.5. The van der Waals surface area contributed by atoms with Crippen LogP contribution in [0.4, 0.5) is 4.39 Å². The third-order valence-corrected chi connectivity index (χ3v) is 5.13. The molecule has 1 N–H and O–H groups in total. The zero-order valence-electron chi connectivity index (χ0n) is 12.0. The van der Waals surface area contributed by atoms with Crippen molar-refractivity contribution in [2.45, 2.75) is 57.4 Å². The zero-order valence-corrected chi connectivity index (χ0v) is 12.0. The van der Waals surface area contributed by atoms with Crippen molar-refractivity contribution in [2.75, 3.05) is 6.54 Å². The predicted octanol–water partition coefficient (Wildman–Crippen LogP) is 4.03. The summed E-state index contributed by atoms with van der Waals surface area (Å²) in [4.78, 5) is 0. The van der Waals surface area contributed by atoms with Gasteiger partial charge in [-0.05, 0) is 42.7 Å². The maximum absolute atomic E-state index is 14.2. The summed E-state index contributed by atoms with van der Waals surface area (Å²) in [6.45, 7) is 5.23. The van der Waals surface area contributed by atoms with Crippen LogP contribution in [-0.2, 0) is 5.41 Å². The number of halogens is 1. The van der Waals surface area contributed by atoms with E-state index in [9.17, 15) is 4.39 Å². The smallest absolute Gasteiger partial charge is 0.127 e. The van der Waals surface area contributed by atoms with E-state index >= 15 is 0 Å². The average molecular weight is 261 g/mol. The SMILES string of the molecule is CC(C)NCC1(c2ccccc2F)CC2(CCC2)C1. The Morgan fingerprint density at radius 1 is 1.21 bits per heavy atom. The van der Waals surface area contributed by atoms with Crippen LogP contribution >= 0.6 is 0 Å². The van der Waals surface area contributed by atoms with Crippen molar-refractivity contribution in [1.82, 2.24) is 5.32 Å². The second kappa shape index (κ2) is 4.59. The van der Waals surface area contributed by atoms with Gasteiger partial charge in [-0.15, -0.1) is 0 Å². The van der Waals surface area contributed by atoms with E-state index in [1.54, 1.807) is 12.1 Å². The number of benzene rings is 1. The molecule has 0 heterocycles. The Morgan fingerprint density at radius 3 is 2.42 bits per heavy atom. The molecule has 0 atom stereocenters. The largest absolute Gasteiger partial charge is 0.314 e. The lowest BCUT2D eigenvalue weighted by Gasteiger charge is -2.62. The second-order valence-corrected chi connectivity index (χ2v) is 7.00. The molecule has 2 aliphatic carbocycles. The van der Waals surface area contributed by atoms with E-state index in [0.717, 1.165) is 12.1 Å². The van der Waals surface area contributed by atoms with Gasteiger partial charge in [-0.2, -0.15) is 0 Å². The first-order chi connectivity index (χ1) is 9.05. The van der Waals surface area contributed by atoms with Crippen LogP contribution in [0, 0.1) is 11.2 Å². The van der Waals surface area contributed by atoms with E-state index in [4.69, 9.17) is 0 Å². The Kier molecular flexibility index (Phi) is 3.17. The highest BCUT2D eigenvalue weighted by Crippen LogP contribution is 2.64. The molecule has 0 aromatic heterocycles. The third-order valence-electron chi connectivity index (χ3n) is 5.13. The summed E-state index contributed by atoms with van der Waals surface area (Å²) in [5.74, 6) is -0.0257. The van der Waals surface area contributed by atoms with Gasteiger partial charge in [0.2, 0.25) is 0 Å². The minimum absolute atomic E-state index is 0.0257. The Bertz CT molecular complexity index is 454. The van der Waals surface area contributed by atoms with Gasteiger partial charge < -0.3 is 5.32 Å². The molecule has 1 aromatic carbocycles. The minimum Gasteiger partial charge on any atom is -0.314 e. The molecule has 1 spiro atoms. The first kappa shape index (κ1) is 13.1. The van der Waals surface area contributed by atoms with Crippen molar-refractivity contribution in [2.24, 2.45) is 5.41 Å². The fraction of sp³-hybridized carbons (Fsp3) is 0.647. The first-order valence-electron chi connectivity index (χ1n) is 7.54. The first-order valence-corrected chi connectivity index (χ1v) is 7.54. The van der Waals surface area contributed by atoms with Crippen molar-refractivity contribution in [1.29, 1.82) is 0 Å². The number of hydrogen-bond donors (Lipinski definition) is 1. The molecule has 2 heteroatoms. The maximum atomic E-state index is 14.2. The molecule has 0 unspecified atom stereocenters. The molecule has 0 amide bonds. The maximum Gasteiger partial charge on any atom is 0.127 e. The van der Waals surface area contributed by atoms with Gasteiger partial charge in [0.05, 0.1) is 0 Å². The van der Waals surface area contributed by atoms with Gasteiger partial charge in [0.1, 0.15) is 5.82 Å². The van der Waals surface area contributed by atoms with Crippen molar-refractivity contribution < 1.29 is 4.39 Å². The van der Waals surface area contributed by atoms with Crippen LogP contribution in [0.15, 0.2) is 24.3 Å². The third kappa shape index (κ3) is 2.20. The molecule has 0 bridgehead atoms. The molecule has 2 fully saturated rings. The molecule has 1 aromatic rings. The minimum atomic E-state index is -0.0257. The highest BCUT2D eigenvalue weighted by atomic mass is 19.1. The molecule has 3 rings (SSSR count). The molecule has 1 nitrogen and oxygen atoms in total. The Balaban J connectivity index is 1.83. The molecular weight excluding hydrogens is 237 g/mol. The average Bonchev–Trinajstić information content (AvgIpc) is 2.27. The molecule has 0 saturated heterocycles. The van der Waals surface area contributed by atoms with E-state index in [-0.39, 0.29) is 11.2 Å². The fourth-order valence-electron chi connectivity index (χ4n) is 4.12. The van der Waals surface area contributed by atoms with Crippen molar-refractivity contribution in [3.05, 3.63) is 35.6 Å². The van der Waals surface area contributed by atoms with Crippen LogP contribution in [0.1, 0.15) is 51.5 Å². The van der Waals surface area contributed by atoms with Gasteiger partial charge in [-0.3, -0.25) is 0 Å². The molecule has 2 saturated carbocycles. The van der Waals surface area contributed by atoms with Gasteiger partial charge in [-0.1, -0.05) is 38.5 Å². The fourth-order valence-corrected chi connectivity index (χ4v) is 4.12. The molecular formula is C17H24FN. The number of nitrogens with one attached hydrogen (secondary N) is 1. The summed E-state index contributed by atoms with van der Waals surface area (Å²) in [7, 11) is 0. The van der Waals surface area contributed by atoms with E-state index in [1.165, 1.54) is 32.1 Å². The molecule has 0 aliphatic heterocycles. The van der Waals surface area contributed by atoms with Gasteiger partial charge >= 0.3 is 0 Å². The second-order valence-electron chi connectivity index (χ2n) is 7.00. The lowest BCUT2D eigenvalue weighted by Crippen LogP contribution is -2.58. The van der Waals surface area contributed by atoms with Crippen LogP contribution in [0.5, 0.6) is 0 Å². The van der Waals surface area contributed by atoms with Crippen LogP contribution in [-0.4, -0.2) is 12.6 Å². The normalized spacial score (nSPS) is 23.2. The predicted molar refractivity (Wildman–Crippen MR) is 76.7 cm³/mol. The Labute approximate surface area is 115 Å². The monoisotopic (exact) mass is 261 g/mol. The summed E-state index contributed by atoms with van der Waals surface area (Å²) < 4.78 is 14.2. The van der Waals surface area contributed by atoms with Gasteiger partial charge in [-0.25, -0.2) is 4.39 Å². The van der Waals surface area contributed by atoms with E-state index in [0.29, 0.717) is 11.5 Å². The summed E-state index contributed by atoms with van der Waals surface area (Å²) in [6, 6.07) is 7.82. The molecule has 0 radical (unpaired) electrons.